The number of aromatic nitrogens is 2. The van der Waals surface area contributed by atoms with E-state index in [1.54, 1.807) is 0 Å². The molecule has 0 aromatic carbocycles. The monoisotopic (exact) mass is 234 g/mol. The molecule has 0 bridgehead atoms. The van der Waals surface area contributed by atoms with Crippen LogP contribution < -0.4 is 0 Å². The fraction of sp³-hybridized carbons (Fsp3) is 0.714. The van der Waals surface area contributed by atoms with Gasteiger partial charge in [0, 0.05) is 11.0 Å². The molecule has 1 aliphatic heterocycles. The average molecular weight is 234 g/mol. The summed E-state index contributed by atoms with van der Waals surface area (Å²) in [4.78, 5) is 9.42. The number of hydrogen-bond acceptors (Lipinski definition) is 3. The maximum Gasteiger partial charge on any atom is 0.134 e. The zero-order valence-corrected chi connectivity index (χ0v) is 11.5. The lowest BCUT2D eigenvalue weighted by Gasteiger charge is -2.19. The number of rotatable bonds is 2. The first-order valence-electron chi connectivity index (χ1n) is 6.35. The van der Waals surface area contributed by atoms with Crippen molar-refractivity contribution in [3.8, 4) is 0 Å². The summed E-state index contributed by atoms with van der Waals surface area (Å²) < 4.78 is 5.50. The second kappa shape index (κ2) is 4.37. The molecule has 1 aromatic heterocycles. The first-order chi connectivity index (χ1) is 7.88. The summed E-state index contributed by atoms with van der Waals surface area (Å²) >= 11 is 0. The fourth-order valence-electron chi connectivity index (χ4n) is 2.01. The highest BCUT2D eigenvalue weighted by atomic mass is 16.5. The topological polar surface area (TPSA) is 35.0 Å². The third kappa shape index (κ3) is 2.65. The molecule has 2 rings (SSSR count). The Labute approximate surface area is 104 Å². The molecule has 1 aromatic rings. The molecule has 0 radical (unpaired) electrons. The molecule has 0 amide bonds. The Morgan fingerprint density at radius 3 is 2.47 bits per heavy atom. The van der Waals surface area contributed by atoms with Crippen LogP contribution in [0.3, 0.4) is 0 Å². The minimum atomic E-state index is 0.00332. The smallest absolute Gasteiger partial charge is 0.134 e. The third-order valence-electron chi connectivity index (χ3n) is 2.94. The number of fused-ring (bicyclic) bond motifs is 1. The van der Waals surface area contributed by atoms with E-state index in [4.69, 9.17) is 9.72 Å². The highest BCUT2D eigenvalue weighted by Gasteiger charge is 2.25. The molecule has 0 N–H and O–H groups in total. The normalized spacial score (nSPS) is 15.4. The van der Waals surface area contributed by atoms with Crippen molar-refractivity contribution in [2.45, 2.75) is 59.7 Å². The van der Waals surface area contributed by atoms with E-state index in [-0.39, 0.29) is 5.41 Å². The van der Waals surface area contributed by atoms with Crippen molar-refractivity contribution in [1.29, 1.82) is 0 Å². The number of nitrogens with zero attached hydrogens (tertiary/aromatic N) is 2. The van der Waals surface area contributed by atoms with Crippen molar-refractivity contribution in [3.05, 3.63) is 22.8 Å². The first-order valence-corrected chi connectivity index (χ1v) is 6.35. The Morgan fingerprint density at radius 2 is 1.88 bits per heavy atom. The summed E-state index contributed by atoms with van der Waals surface area (Å²) in [6.07, 6.45) is 1.01. The molecule has 0 fully saturated rings. The molecule has 0 unspecified atom stereocenters. The van der Waals surface area contributed by atoms with Crippen molar-refractivity contribution < 1.29 is 4.74 Å². The Kier molecular flexibility index (Phi) is 3.21. The van der Waals surface area contributed by atoms with Gasteiger partial charge < -0.3 is 4.74 Å². The van der Waals surface area contributed by atoms with Gasteiger partial charge in [0.1, 0.15) is 5.82 Å². The van der Waals surface area contributed by atoms with Crippen molar-refractivity contribution in [2.75, 3.05) is 0 Å². The molecular formula is C14H22N2O. The summed E-state index contributed by atoms with van der Waals surface area (Å²) in [5, 5.41) is 0. The van der Waals surface area contributed by atoms with Gasteiger partial charge in [-0.25, -0.2) is 9.97 Å². The Bertz CT molecular complexity index is 419. The van der Waals surface area contributed by atoms with E-state index >= 15 is 0 Å². The van der Waals surface area contributed by atoms with Gasteiger partial charge in [0.2, 0.25) is 0 Å². The van der Waals surface area contributed by atoms with Crippen LogP contribution in [0.5, 0.6) is 0 Å². The molecule has 2 heterocycles. The van der Waals surface area contributed by atoms with Gasteiger partial charge in [-0.05, 0) is 12.3 Å². The van der Waals surface area contributed by atoms with Crippen LogP contribution in [-0.4, -0.2) is 9.97 Å². The van der Waals surface area contributed by atoms with Crippen LogP contribution in [0.2, 0.25) is 0 Å². The van der Waals surface area contributed by atoms with Crippen molar-refractivity contribution in [1.82, 2.24) is 9.97 Å². The third-order valence-corrected chi connectivity index (χ3v) is 2.94. The van der Waals surface area contributed by atoms with E-state index in [1.807, 2.05) is 0 Å². The molecule has 0 saturated heterocycles. The van der Waals surface area contributed by atoms with E-state index in [2.05, 4.69) is 39.6 Å². The van der Waals surface area contributed by atoms with Gasteiger partial charge >= 0.3 is 0 Å². The number of ether oxygens (including phenoxy) is 1. The molecule has 0 saturated carbocycles. The Balaban J connectivity index is 2.46. The van der Waals surface area contributed by atoms with Crippen LogP contribution in [-0.2, 0) is 29.8 Å². The predicted molar refractivity (Wildman–Crippen MR) is 67.8 cm³/mol. The van der Waals surface area contributed by atoms with Crippen molar-refractivity contribution >= 4 is 0 Å². The highest BCUT2D eigenvalue weighted by molar-refractivity contribution is 5.29. The van der Waals surface area contributed by atoms with Gasteiger partial charge in [0.05, 0.1) is 24.6 Å². The largest absolute Gasteiger partial charge is 0.370 e. The Hall–Kier alpha value is -0.960. The van der Waals surface area contributed by atoms with Crippen LogP contribution in [0.1, 0.15) is 57.4 Å². The van der Waals surface area contributed by atoms with Crippen molar-refractivity contribution in [3.63, 3.8) is 0 Å². The molecule has 0 aliphatic carbocycles. The van der Waals surface area contributed by atoms with Gasteiger partial charge in [-0.1, -0.05) is 34.6 Å². The summed E-state index contributed by atoms with van der Waals surface area (Å²) in [6, 6.07) is 0. The SMILES string of the molecule is CC(C)Cc1nc(C(C)(C)C)nc2c1COC2. The molecule has 17 heavy (non-hydrogen) atoms. The van der Waals surface area contributed by atoms with Crippen LogP contribution in [0.4, 0.5) is 0 Å². The molecule has 3 nitrogen and oxygen atoms in total. The average Bonchev–Trinajstić information content (AvgIpc) is 2.62. The van der Waals surface area contributed by atoms with Crippen LogP contribution in [0.25, 0.3) is 0 Å². The predicted octanol–water partition coefficient (Wildman–Crippen LogP) is 3.00. The summed E-state index contributed by atoms with van der Waals surface area (Å²) in [7, 11) is 0. The standard InChI is InChI=1S/C14H22N2O/c1-9(2)6-11-10-7-17-8-12(10)16-13(15-11)14(3,4)5/h9H,6-8H2,1-5H3. The summed E-state index contributed by atoms with van der Waals surface area (Å²) in [5.41, 5.74) is 3.52. The molecule has 0 atom stereocenters. The zero-order chi connectivity index (χ0) is 12.6. The Morgan fingerprint density at radius 1 is 1.18 bits per heavy atom. The van der Waals surface area contributed by atoms with Gasteiger partial charge in [0.15, 0.2) is 0 Å². The van der Waals surface area contributed by atoms with E-state index in [0.717, 1.165) is 17.9 Å². The van der Waals surface area contributed by atoms with Gasteiger partial charge in [-0.15, -0.1) is 0 Å². The van der Waals surface area contributed by atoms with Crippen LogP contribution in [0.15, 0.2) is 0 Å². The van der Waals surface area contributed by atoms with Crippen LogP contribution in [0, 0.1) is 5.92 Å². The fourth-order valence-corrected chi connectivity index (χ4v) is 2.01. The molecular weight excluding hydrogens is 212 g/mol. The van der Waals surface area contributed by atoms with Gasteiger partial charge in [0.25, 0.3) is 0 Å². The number of hydrogen-bond donors (Lipinski definition) is 0. The highest BCUT2D eigenvalue weighted by Crippen LogP contribution is 2.27. The van der Waals surface area contributed by atoms with Gasteiger partial charge in [-0.3, -0.25) is 0 Å². The van der Waals surface area contributed by atoms with E-state index in [1.165, 1.54) is 11.3 Å². The second-order valence-corrected chi connectivity index (χ2v) is 6.26. The minimum Gasteiger partial charge on any atom is -0.370 e. The maximum absolute atomic E-state index is 5.50. The lowest BCUT2D eigenvalue weighted by molar-refractivity contribution is 0.132. The van der Waals surface area contributed by atoms with Crippen molar-refractivity contribution in [2.24, 2.45) is 5.92 Å². The summed E-state index contributed by atoms with van der Waals surface area (Å²) in [5.74, 6) is 1.56. The minimum absolute atomic E-state index is 0.00332. The van der Waals surface area contributed by atoms with E-state index in [0.29, 0.717) is 19.1 Å². The molecule has 94 valence electrons. The zero-order valence-electron chi connectivity index (χ0n) is 11.5. The van der Waals surface area contributed by atoms with Crippen LogP contribution >= 0.6 is 0 Å². The lowest BCUT2D eigenvalue weighted by Crippen LogP contribution is -2.19. The van der Waals surface area contributed by atoms with E-state index < -0.39 is 0 Å². The molecule has 1 aliphatic rings. The van der Waals surface area contributed by atoms with Gasteiger partial charge in [-0.2, -0.15) is 0 Å². The second-order valence-electron chi connectivity index (χ2n) is 6.26. The molecule has 3 heteroatoms. The summed E-state index contributed by atoms with van der Waals surface area (Å²) in [6.45, 7) is 12.2. The van der Waals surface area contributed by atoms with E-state index in [9.17, 15) is 0 Å². The molecule has 0 spiro atoms. The first kappa shape index (κ1) is 12.5. The quantitative estimate of drug-likeness (QED) is 0.789. The lowest BCUT2D eigenvalue weighted by atomic mass is 9.94. The maximum atomic E-state index is 5.50.